The van der Waals surface area contributed by atoms with Crippen molar-refractivity contribution in [2.45, 2.75) is 17.4 Å². The van der Waals surface area contributed by atoms with E-state index in [-0.39, 0.29) is 10.8 Å². The molecule has 0 saturated heterocycles. The Hall–Kier alpha value is -1.13. The van der Waals surface area contributed by atoms with E-state index in [2.05, 4.69) is 4.72 Å². The van der Waals surface area contributed by atoms with Gasteiger partial charge in [0.25, 0.3) is 0 Å². The van der Waals surface area contributed by atoms with Gasteiger partial charge >= 0.3 is 0 Å². The average Bonchev–Trinajstić information content (AvgIpc) is 2.65. The highest BCUT2D eigenvalue weighted by molar-refractivity contribution is 7.98. The first kappa shape index (κ1) is 22.9. The molecule has 0 spiro atoms. The molecular weight excluding hydrogens is 376 g/mol. The number of rotatable bonds is 13. The van der Waals surface area contributed by atoms with Gasteiger partial charge < -0.3 is 14.4 Å². The Morgan fingerprint density at radius 3 is 2.23 bits per heavy atom. The molecule has 0 aliphatic rings. The predicted molar refractivity (Wildman–Crippen MR) is 104 cm³/mol. The second kappa shape index (κ2) is 12.3. The lowest BCUT2D eigenvalue weighted by Crippen LogP contribution is -2.50. The summed E-state index contributed by atoms with van der Waals surface area (Å²) >= 11 is 1.56. The van der Waals surface area contributed by atoms with Gasteiger partial charge in [-0.3, -0.25) is 4.79 Å². The quantitative estimate of drug-likeness (QED) is 0.532. The molecular formula is C17H28N2O5S2. The number of ether oxygens (including phenoxy) is 2. The normalized spacial score (nSPS) is 12.7. The van der Waals surface area contributed by atoms with Gasteiger partial charge in [0, 0.05) is 27.3 Å². The number of nitrogens with one attached hydrogen (secondary N) is 1. The van der Waals surface area contributed by atoms with Crippen molar-refractivity contribution in [3.63, 3.8) is 0 Å². The Kier molecular flexibility index (Phi) is 10.8. The van der Waals surface area contributed by atoms with E-state index >= 15 is 0 Å². The largest absolute Gasteiger partial charge is 0.383 e. The summed E-state index contributed by atoms with van der Waals surface area (Å²) in [7, 11) is -0.663. The molecule has 1 aromatic rings. The molecule has 1 rings (SSSR count). The number of carbonyl (C=O) groups excluding carboxylic acids is 1. The minimum Gasteiger partial charge on any atom is -0.383 e. The van der Waals surface area contributed by atoms with E-state index < -0.39 is 16.1 Å². The van der Waals surface area contributed by atoms with E-state index in [0.717, 1.165) is 0 Å². The van der Waals surface area contributed by atoms with Gasteiger partial charge in [0.15, 0.2) is 0 Å². The van der Waals surface area contributed by atoms with Crippen LogP contribution in [-0.4, -0.2) is 77.8 Å². The molecule has 0 aliphatic carbocycles. The standard InChI is InChI=1S/C17H28N2O5S2/c1-23-12-10-19(11-13-24-2)17(20)16(9-14-25-3)18-26(21,22)15-7-5-4-6-8-15/h4-8,16,18H,9-14H2,1-3H3. The molecule has 1 N–H and O–H groups in total. The molecule has 0 saturated carbocycles. The maximum absolute atomic E-state index is 12.9. The van der Waals surface area contributed by atoms with Crippen LogP contribution in [0.4, 0.5) is 0 Å². The fourth-order valence-electron chi connectivity index (χ4n) is 2.28. The zero-order chi connectivity index (χ0) is 19.4. The molecule has 0 aromatic heterocycles. The molecule has 0 heterocycles. The third-order valence-electron chi connectivity index (χ3n) is 3.70. The van der Waals surface area contributed by atoms with Gasteiger partial charge in [-0.05, 0) is 30.6 Å². The molecule has 7 nitrogen and oxygen atoms in total. The fourth-order valence-corrected chi connectivity index (χ4v) is 4.00. The first-order chi connectivity index (χ1) is 12.5. The molecule has 1 aromatic carbocycles. The molecule has 0 bridgehead atoms. The predicted octanol–water partition coefficient (Wildman–Crippen LogP) is 1.21. The topological polar surface area (TPSA) is 84.9 Å². The van der Waals surface area contributed by atoms with Gasteiger partial charge in [0.05, 0.1) is 18.1 Å². The summed E-state index contributed by atoms with van der Waals surface area (Å²) in [6.45, 7) is 1.50. The van der Waals surface area contributed by atoms with Crippen LogP contribution in [0.5, 0.6) is 0 Å². The van der Waals surface area contributed by atoms with E-state index in [4.69, 9.17) is 9.47 Å². The van der Waals surface area contributed by atoms with Gasteiger partial charge in [-0.2, -0.15) is 16.5 Å². The van der Waals surface area contributed by atoms with Crippen molar-refractivity contribution in [1.82, 2.24) is 9.62 Å². The van der Waals surface area contributed by atoms with E-state index in [9.17, 15) is 13.2 Å². The van der Waals surface area contributed by atoms with Crippen LogP contribution in [-0.2, 0) is 24.3 Å². The first-order valence-electron chi connectivity index (χ1n) is 8.29. The van der Waals surface area contributed by atoms with Crippen LogP contribution >= 0.6 is 11.8 Å². The van der Waals surface area contributed by atoms with Crippen LogP contribution in [0.2, 0.25) is 0 Å². The van der Waals surface area contributed by atoms with Crippen LogP contribution in [0, 0.1) is 0 Å². The Labute approximate surface area is 160 Å². The lowest BCUT2D eigenvalue weighted by atomic mass is 10.2. The summed E-state index contributed by atoms with van der Waals surface area (Å²) in [5.74, 6) is 0.392. The third kappa shape index (κ3) is 7.63. The van der Waals surface area contributed by atoms with Crippen molar-refractivity contribution in [2.24, 2.45) is 0 Å². The Morgan fingerprint density at radius 1 is 1.15 bits per heavy atom. The van der Waals surface area contributed by atoms with E-state index in [1.807, 2.05) is 6.26 Å². The van der Waals surface area contributed by atoms with Gasteiger partial charge in [-0.15, -0.1) is 0 Å². The number of sulfonamides is 1. The highest BCUT2D eigenvalue weighted by Crippen LogP contribution is 2.12. The lowest BCUT2D eigenvalue weighted by Gasteiger charge is -2.27. The van der Waals surface area contributed by atoms with Crippen molar-refractivity contribution in [1.29, 1.82) is 0 Å². The lowest BCUT2D eigenvalue weighted by molar-refractivity contribution is -0.134. The summed E-state index contributed by atoms with van der Waals surface area (Å²) in [5.41, 5.74) is 0. The number of benzene rings is 1. The van der Waals surface area contributed by atoms with E-state index in [1.54, 1.807) is 49.1 Å². The Morgan fingerprint density at radius 2 is 1.73 bits per heavy atom. The molecule has 1 unspecified atom stereocenters. The molecule has 26 heavy (non-hydrogen) atoms. The zero-order valence-corrected chi connectivity index (χ0v) is 17.1. The number of amides is 1. The van der Waals surface area contributed by atoms with Crippen LogP contribution < -0.4 is 4.72 Å². The fraction of sp³-hybridized carbons (Fsp3) is 0.588. The smallest absolute Gasteiger partial charge is 0.241 e. The molecule has 148 valence electrons. The van der Waals surface area contributed by atoms with Crippen molar-refractivity contribution in [2.75, 3.05) is 52.5 Å². The van der Waals surface area contributed by atoms with Gasteiger partial charge in [0.1, 0.15) is 6.04 Å². The summed E-state index contributed by atoms with van der Waals surface area (Å²) in [6, 6.07) is 7.22. The summed E-state index contributed by atoms with van der Waals surface area (Å²) in [6.07, 6.45) is 2.32. The molecule has 0 radical (unpaired) electrons. The Balaban J connectivity index is 2.96. The number of nitrogens with zero attached hydrogens (tertiary/aromatic N) is 1. The minimum atomic E-state index is -3.78. The monoisotopic (exact) mass is 404 g/mol. The van der Waals surface area contributed by atoms with Crippen molar-refractivity contribution >= 4 is 27.7 Å². The average molecular weight is 405 g/mol. The number of carbonyl (C=O) groups is 1. The minimum absolute atomic E-state index is 0.141. The molecule has 0 fully saturated rings. The van der Waals surface area contributed by atoms with Crippen LogP contribution in [0.15, 0.2) is 35.2 Å². The number of methoxy groups -OCH3 is 2. The molecule has 0 aliphatic heterocycles. The first-order valence-corrected chi connectivity index (χ1v) is 11.2. The summed E-state index contributed by atoms with van der Waals surface area (Å²) in [4.78, 5) is 14.7. The van der Waals surface area contributed by atoms with Crippen molar-refractivity contribution in [3.8, 4) is 0 Å². The van der Waals surface area contributed by atoms with Crippen LogP contribution in [0.25, 0.3) is 0 Å². The Bertz CT molecular complexity index is 617. The molecule has 1 atom stereocenters. The number of hydrogen-bond acceptors (Lipinski definition) is 6. The van der Waals surface area contributed by atoms with Crippen molar-refractivity contribution < 1.29 is 22.7 Å². The van der Waals surface area contributed by atoms with Gasteiger partial charge in [0.2, 0.25) is 15.9 Å². The van der Waals surface area contributed by atoms with Crippen LogP contribution in [0.1, 0.15) is 6.42 Å². The summed E-state index contributed by atoms with van der Waals surface area (Å²) < 4.78 is 37.9. The third-order valence-corrected chi connectivity index (χ3v) is 5.83. The number of thioether (sulfide) groups is 1. The maximum atomic E-state index is 12.9. The zero-order valence-electron chi connectivity index (χ0n) is 15.5. The van der Waals surface area contributed by atoms with E-state index in [0.29, 0.717) is 38.5 Å². The summed E-state index contributed by atoms with van der Waals surface area (Å²) in [5, 5.41) is 0. The maximum Gasteiger partial charge on any atom is 0.241 e. The second-order valence-corrected chi connectivity index (χ2v) is 8.28. The van der Waals surface area contributed by atoms with Gasteiger partial charge in [-0.25, -0.2) is 8.42 Å². The second-order valence-electron chi connectivity index (χ2n) is 5.58. The van der Waals surface area contributed by atoms with Crippen molar-refractivity contribution in [3.05, 3.63) is 30.3 Å². The number of hydrogen-bond donors (Lipinski definition) is 1. The van der Waals surface area contributed by atoms with Gasteiger partial charge in [-0.1, -0.05) is 18.2 Å². The van der Waals surface area contributed by atoms with Crippen LogP contribution in [0.3, 0.4) is 0 Å². The SMILES string of the molecule is COCCN(CCOC)C(=O)C(CCSC)NS(=O)(=O)c1ccccc1. The molecule has 1 amide bonds. The highest BCUT2D eigenvalue weighted by Gasteiger charge is 2.28. The van der Waals surface area contributed by atoms with E-state index in [1.165, 1.54) is 12.1 Å². The molecule has 9 heteroatoms. The highest BCUT2D eigenvalue weighted by atomic mass is 32.2.